The largest absolute Gasteiger partial charge is 0.353 e. The molecule has 0 fully saturated rings. The number of amides is 2. The lowest BCUT2D eigenvalue weighted by Gasteiger charge is -2.11. The van der Waals surface area contributed by atoms with Crippen LogP contribution in [0.1, 0.15) is 26.7 Å². The van der Waals surface area contributed by atoms with Gasteiger partial charge in [0.15, 0.2) is 0 Å². The van der Waals surface area contributed by atoms with E-state index in [-0.39, 0.29) is 18.4 Å². The van der Waals surface area contributed by atoms with Crippen molar-refractivity contribution in [1.82, 2.24) is 5.32 Å². The van der Waals surface area contributed by atoms with Gasteiger partial charge in [0.2, 0.25) is 11.8 Å². The SMILES string of the molecule is CCC(C)NC(=O)CC(=O)Nc1ccc(Cl)cc1Cl. The van der Waals surface area contributed by atoms with Crippen LogP contribution in [0.4, 0.5) is 5.69 Å². The molecule has 1 aromatic rings. The van der Waals surface area contributed by atoms with Crippen LogP contribution in [0.3, 0.4) is 0 Å². The molecule has 1 unspecified atom stereocenters. The van der Waals surface area contributed by atoms with Crippen LogP contribution in [0, 0.1) is 0 Å². The highest BCUT2D eigenvalue weighted by Gasteiger charge is 2.12. The predicted octanol–water partition coefficient (Wildman–Crippen LogP) is 3.24. The Labute approximate surface area is 122 Å². The second-order valence-electron chi connectivity index (χ2n) is 4.23. The van der Waals surface area contributed by atoms with Gasteiger partial charge in [-0.25, -0.2) is 0 Å². The highest BCUT2D eigenvalue weighted by molar-refractivity contribution is 6.36. The van der Waals surface area contributed by atoms with Crippen LogP contribution in [0.5, 0.6) is 0 Å². The van der Waals surface area contributed by atoms with Crippen LogP contribution in [-0.4, -0.2) is 17.9 Å². The number of hydrogen-bond donors (Lipinski definition) is 2. The van der Waals surface area contributed by atoms with E-state index in [0.29, 0.717) is 15.7 Å². The van der Waals surface area contributed by atoms with Crippen molar-refractivity contribution >= 4 is 40.7 Å². The van der Waals surface area contributed by atoms with Crippen molar-refractivity contribution in [2.24, 2.45) is 0 Å². The van der Waals surface area contributed by atoms with Gasteiger partial charge >= 0.3 is 0 Å². The topological polar surface area (TPSA) is 58.2 Å². The van der Waals surface area contributed by atoms with E-state index in [0.717, 1.165) is 6.42 Å². The van der Waals surface area contributed by atoms with Gasteiger partial charge in [-0.05, 0) is 31.5 Å². The Morgan fingerprint density at radius 2 is 1.95 bits per heavy atom. The molecule has 2 N–H and O–H groups in total. The standard InChI is InChI=1S/C13H16Cl2N2O2/c1-3-8(2)16-12(18)7-13(19)17-11-5-4-9(14)6-10(11)15/h4-6,8H,3,7H2,1-2H3,(H,16,18)(H,17,19). The minimum atomic E-state index is -0.412. The van der Waals surface area contributed by atoms with Gasteiger partial charge in [0.05, 0.1) is 10.7 Å². The van der Waals surface area contributed by atoms with E-state index >= 15 is 0 Å². The quantitative estimate of drug-likeness (QED) is 0.820. The number of hydrogen-bond acceptors (Lipinski definition) is 2. The lowest BCUT2D eigenvalue weighted by molar-refractivity contribution is -0.127. The summed E-state index contributed by atoms with van der Waals surface area (Å²) in [6.07, 6.45) is 0.583. The maximum Gasteiger partial charge on any atom is 0.233 e. The molecule has 0 radical (unpaired) electrons. The van der Waals surface area contributed by atoms with E-state index in [2.05, 4.69) is 10.6 Å². The third kappa shape index (κ3) is 5.49. The van der Waals surface area contributed by atoms with Crippen molar-refractivity contribution in [3.63, 3.8) is 0 Å². The highest BCUT2D eigenvalue weighted by Crippen LogP contribution is 2.25. The molecule has 0 saturated carbocycles. The number of nitrogens with one attached hydrogen (secondary N) is 2. The molecule has 0 bridgehead atoms. The summed E-state index contributed by atoms with van der Waals surface area (Å²) in [5, 5.41) is 6.11. The average Bonchev–Trinajstić information content (AvgIpc) is 2.32. The van der Waals surface area contributed by atoms with Crippen LogP contribution in [0.25, 0.3) is 0 Å². The summed E-state index contributed by atoms with van der Waals surface area (Å²) < 4.78 is 0. The third-order valence-corrected chi connectivity index (χ3v) is 3.09. The van der Waals surface area contributed by atoms with Gasteiger partial charge in [0, 0.05) is 11.1 Å². The number of anilines is 1. The molecule has 4 nitrogen and oxygen atoms in total. The average molecular weight is 303 g/mol. The minimum Gasteiger partial charge on any atom is -0.353 e. The lowest BCUT2D eigenvalue weighted by Crippen LogP contribution is -2.34. The van der Waals surface area contributed by atoms with Gasteiger partial charge < -0.3 is 10.6 Å². The third-order valence-electron chi connectivity index (χ3n) is 2.55. The fourth-order valence-corrected chi connectivity index (χ4v) is 1.81. The first-order chi connectivity index (χ1) is 8.92. The molecule has 0 saturated heterocycles. The predicted molar refractivity (Wildman–Crippen MR) is 77.6 cm³/mol. The Bertz CT molecular complexity index is 478. The first-order valence-corrected chi connectivity index (χ1v) is 6.72. The van der Waals surface area contributed by atoms with Crippen LogP contribution in [0.15, 0.2) is 18.2 Å². The molecular weight excluding hydrogens is 287 g/mol. The smallest absolute Gasteiger partial charge is 0.233 e. The molecule has 6 heteroatoms. The highest BCUT2D eigenvalue weighted by atomic mass is 35.5. The number of carbonyl (C=O) groups excluding carboxylic acids is 2. The zero-order valence-electron chi connectivity index (χ0n) is 10.8. The molecule has 0 aromatic heterocycles. The summed E-state index contributed by atoms with van der Waals surface area (Å²) in [5.74, 6) is -0.720. The van der Waals surface area contributed by atoms with Crippen LogP contribution in [-0.2, 0) is 9.59 Å². The fourth-order valence-electron chi connectivity index (χ4n) is 1.36. The summed E-state index contributed by atoms with van der Waals surface area (Å²) in [4.78, 5) is 23.2. The molecule has 0 aliphatic carbocycles. The van der Waals surface area contributed by atoms with E-state index in [9.17, 15) is 9.59 Å². The monoisotopic (exact) mass is 302 g/mol. The zero-order valence-corrected chi connectivity index (χ0v) is 12.3. The van der Waals surface area contributed by atoms with Crippen molar-refractivity contribution in [1.29, 1.82) is 0 Å². The molecule has 19 heavy (non-hydrogen) atoms. The van der Waals surface area contributed by atoms with Crippen LogP contribution >= 0.6 is 23.2 Å². The Morgan fingerprint density at radius 3 is 2.53 bits per heavy atom. The molecule has 0 aliphatic heterocycles. The molecule has 1 rings (SSSR count). The summed E-state index contributed by atoms with van der Waals surface area (Å²) >= 11 is 11.7. The molecule has 104 valence electrons. The van der Waals surface area contributed by atoms with Gasteiger partial charge in [-0.1, -0.05) is 30.1 Å². The number of rotatable bonds is 5. The second kappa shape index (κ2) is 7.36. The lowest BCUT2D eigenvalue weighted by atomic mass is 10.2. The second-order valence-corrected chi connectivity index (χ2v) is 5.07. The van der Waals surface area contributed by atoms with E-state index in [1.54, 1.807) is 12.1 Å². The molecule has 2 amide bonds. The van der Waals surface area contributed by atoms with E-state index in [4.69, 9.17) is 23.2 Å². The number of benzene rings is 1. The van der Waals surface area contributed by atoms with Gasteiger partial charge in [0.25, 0.3) is 0 Å². The zero-order chi connectivity index (χ0) is 14.4. The summed E-state index contributed by atoms with van der Waals surface area (Å²) in [6, 6.07) is 4.79. The molecule has 0 spiro atoms. The van der Waals surface area contributed by atoms with Crippen molar-refractivity contribution in [2.75, 3.05) is 5.32 Å². The maximum absolute atomic E-state index is 11.7. The van der Waals surface area contributed by atoms with Crippen molar-refractivity contribution in [3.8, 4) is 0 Å². The van der Waals surface area contributed by atoms with Gasteiger partial charge in [-0.15, -0.1) is 0 Å². The van der Waals surface area contributed by atoms with Crippen molar-refractivity contribution in [2.45, 2.75) is 32.7 Å². The van der Waals surface area contributed by atoms with Crippen LogP contribution in [0.2, 0.25) is 10.0 Å². The van der Waals surface area contributed by atoms with Gasteiger partial charge in [-0.2, -0.15) is 0 Å². The number of halogens is 2. The van der Waals surface area contributed by atoms with E-state index in [1.807, 2.05) is 13.8 Å². The van der Waals surface area contributed by atoms with E-state index < -0.39 is 5.91 Å². The van der Waals surface area contributed by atoms with Crippen molar-refractivity contribution < 1.29 is 9.59 Å². The first kappa shape index (κ1) is 15.8. The van der Waals surface area contributed by atoms with Crippen molar-refractivity contribution in [3.05, 3.63) is 28.2 Å². The molecule has 1 atom stereocenters. The Morgan fingerprint density at radius 1 is 1.26 bits per heavy atom. The summed E-state index contributed by atoms with van der Waals surface area (Å²) in [6.45, 7) is 3.84. The fraction of sp³-hybridized carbons (Fsp3) is 0.385. The Balaban J connectivity index is 2.53. The van der Waals surface area contributed by atoms with E-state index in [1.165, 1.54) is 6.07 Å². The van der Waals surface area contributed by atoms with Crippen LogP contribution < -0.4 is 10.6 Å². The summed E-state index contributed by atoms with van der Waals surface area (Å²) in [5.41, 5.74) is 0.437. The molecular formula is C13H16Cl2N2O2. The molecule has 1 aromatic carbocycles. The normalized spacial score (nSPS) is 11.8. The minimum absolute atomic E-state index is 0.0550. The van der Waals surface area contributed by atoms with Gasteiger partial charge in [-0.3, -0.25) is 9.59 Å². The Hall–Kier alpha value is -1.26. The number of carbonyl (C=O) groups is 2. The molecule has 0 aliphatic rings. The molecule has 0 heterocycles. The van der Waals surface area contributed by atoms with Gasteiger partial charge in [0.1, 0.15) is 6.42 Å². The first-order valence-electron chi connectivity index (χ1n) is 5.96. The summed E-state index contributed by atoms with van der Waals surface area (Å²) in [7, 11) is 0. The Kier molecular flexibility index (Phi) is 6.12. The maximum atomic E-state index is 11.7.